The number of nitrogens with two attached hydrogens (primary N) is 1. The van der Waals surface area contributed by atoms with Gasteiger partial charge in [0.1, 0.15) is 0 Å². The number of benzene rings is 1. The molecule has 1 aromatic carbocycles. The minimum Gasteiger partial charge on any atom is -0.411 e. The molecule has 1 unspecified atom stereocenters. The van der Waals surface area contributed by atoms with Gasteiger partial charge in [0.05, 0.1) is 5.25 Å². The Hall–Kier alpha value is -1.34. The van der Waals surface area contributed by atoms with E-state index in [2.05, 4.69) is 26.1 Å². The molecule has 0 aliphatic heterocycles. The van der Waals surface area contributed by atoms with Gasteiger partial charge in [0.25, 0.3) is 5.22 Å². The Balaban J connectivity index is 2.18. The number of halogens is 1. The zero-order valence-electron chi connectivity index (χ0n) is 9.46. The number of thioether (sulfide) groups is 1. The summed E-state index contributed by atoms with van der Waals surface area (Å²) in [6.07, 6.45) is 0. The zero-order chi connectivity index (χ0) is 13.1. The predicted molar refractivity (Wildman–Crippen MR) is 71.9 cm³/mol. The summed E-state index contributed by atoms with van der Waals surface area (Å²) in [4.78, 5) is 10.9. The van der Waals surface area contributed by atoms with Crippen LogP contribution in [0.3, 0.4) is 0 Å². The molecule has 0 saturated carbocycles. The lowest BCUT2D eigenvalue weighted by Gasteiger charge is -2.01. The fourth-order valence-electron chi connectivity index (χ4n) is 1.20. The first-order chi connectivity index (χ1) is 8.56. The van der Waals surface area contributed by atoms with Gasteiger partial charge in [0.2, 0.25) is 11.8 Å². The number of amides is 1. The van der Waals surface area contributed by atoms with Crippen LogP contribution in [-0.2, 0) is 4.79 Å². The molecular weight excluding hydrogens is 318 g/mol. The average Bonchev–Trinajstić information content (AvgIpc) is 2.77. The number of carbonyl (C=O) groups excluding carboxylic acids is 1. The van der Waals surface area contributed by atoms with Crippen LogP contribution in [0.5, 0.6) is 0 Å². The molecule has 0 spiro atoms. The molecule has 5 nitrogen and oxygen atoms in total. The van der Waals surface area contributed by atoms with Crippen molar-refractivity contribution in [2.75, 3.05) is 0 Å². The lowest BCUT2D eigenvalue weighted by atomic mass is 10.2. The van der Waals surface area contributed by atoms with Crippen LogP contribution in [0.4, 0.5) is 0 Å². The quantitative estimate of drug-likeness (QED) is 0.872. The predicted octanol–water partition coefficient (Wildman–Crippen LogP) is 2.47. The maximum absolute atomic E-state index is 10.9. The van der Waals surface area contributed by atoms with Gasteiger partial charge in [-0.25, -0.2) is 0 Å². The van der Waals surface area contributed by atoms with Crippen molar-refractivity contribution in [2.24, 2.45) is 5.73 Å². The van der Waals surface area contributed by atoms with Crippen LogP contribution >= 0.6 is 27.7 Å². The number of hydrogen-bond donors (Lipinski definition) is 1. The first-order valence-electron chi connectivity index (χ1n) is 5.11. The van der Waals surface area contributed by atoms with Crippen LogP contribution in [0, 0.1) is 0 Å². The van der Waals surface area contributed by atoms with E-state index in [-0.39, 0.29) is 0 Å². The third-order valence-electron chi connectivity index (χ3n) is 2.16. The van der Waals surface area contributed by atoms with Crippen LogP contribution in [0.25, 0.3) is 11.5 Å². The van der Waals surface area contributed by atoms with Gasteiger partial charge < -0.3 is 10.2 Å². The average molecular weight is 328 g/mol. The second-order valence-electron chi connectivity index (χ2n) is 3.55. The Morgan fingerprint density at radius 2 is 2.28 bits per heavy atom. The first kappa shape index (κ1) is 13.1. The summed E-state index contributed by atoms with van der Waals surface area (Å²) in [6, 6.07) is 7.52. The van der Waals surface area contributed by atoms with Gasteiger partial charge in [-0.05, 0) is 25.1 Å². The second-order valence-corrected chi connectivity index (χ2v) is 5.75. The molecule has 7 heteroatoms. The van der Waals surface area contributed by atoms with Gasteiger partial charge in [-0.3, -0.25) is 4.79 Å². The highest BCUT2D eigenvalue weighted by Gasteiger charge is 2.16. The number of aromatic nitrogens is 2. The summed E-state index contributed by atoms with van der Waals surface area (Å²) < 4.78 is 6.39. The summed E-state index contributed by atoms with van der Waals surface area (Å²) >= 11 is 4.51. The van der Waals surface area contributed by atoms with E-state index >= 15 is 0 Å². The maximum Gasteiger partial charge on any atom is 0.277 e. The largest absolute Gasteiger partial charge is 0.411 e. The van der Waals surface area contributed by atoms with E-state index < -0.39 is 11.2 Å². The van der Waals surface area contributed by atoms with Crippen molar-refractivity contribution in [3.8, 4) is 11.5 Å². The number of primary amides is 1. The molecule has 0 saturated heterocycles. The summed E-state index contributed by atoms with van der Waals surface area (Å²) in [7, 11) is 0. The molecule has 1 heterocycles. The number of rotatable bonds is 4. The Morgan fingerprint density at radius 1 is 1.50 bits per heavy atom. The number of carbonyl (C=O) groups is 1. The van der Waals surface area contributed by atoms with Gasteiger partial charge in [0, 0.05) is 10.0 Å². The molecular formula is C11H10BrN3O2S. The molecule has 0 bridgehead atoms. The molecule has 1 atom stereocenters. The van der Waals surface area contributed by atoms with Crippen molar-refractivity contribution < 1.29 is 9.21 Å². The Bertz CT molecular complexity index is 573. The Labute approximate surface area is 116 Å². The van der Waals surface area contributed by atoms with E-state index in [1.807, 2.05) is 24.3 Å². The van der Waals surface area contributed by atoms with Crippen LogP contribution in [-0.4, -0.2) is 21.4 Å². The van der Waals surface area contributed by atoms with Crippen LogP contribution in [0.2, 0.25) is 0 Å². The molecule has 0 aliphatic rings. The summed E-state index contributed by atoms with van der Waals surface area (Å²) in [5.74, 6) is -0.00215. The van der Waals surface area contributed by atoms with Crippen molar-refractivity contribution in [3.63, 3.8) is 0 Å². The summed E-state index contributed by atoms with van der Waals surface area (Å²) in [6.45, 7) is 1.69. The molecule has 94 valence electrons. The minimum absolute atomic E-state index is 0.330. The molecule has 0 radical (unpaired) electrons. The third kappa shape index (κ3) is 3.11. The monoisotopic (exact) mass is 327 g/mol. The van der Waals surface area contributed by atoms with E-state index in [1.54, 1.807) is 6.92 Å². The van der Waals surface area contributed by atoms with Crippen molar-refractivity contribution in [3.05, 3.63) is 28.7 Å². The first-order valence-corrected chi connectivity index (χ1v) is 6.79. The number of nitrogens with zero attached hydrogens (tertiary/aromatic N) is 2. The molecule has 2 rings (SSSR count). The van der Waals surface area contributed by atoms with E-state index in [1.165, 1.54) is 0 Å². The second kappa shape index (κ2) is 5.53. The molecule has 0 fully saturated rings. The van der Waals surface area contributed by atoms with E-state index in [4.69, 9.17) is 10.2 Å². The van der Waals surface area contributed by atoms with Gasteiger partial charge in [-0.1, -0.05) is 33.8 Å². The standard InChI is InChI=1S/C11H10BrN3O2S/c1-6(9(13)16)18-11-15-14-10(17-11)7-3-2-4-8(12)5-7/h2-6H,1H3,(H2,13,16). The van der Waals surface area contributed by atoms with E-state index in [0.29, 0.717) is 11.1 Å². The smallest absolute Gasteiger partial charge is 0.277 e. The lowest BCUT2D eigenvalue weighted by Crippen LogP contribution is -2.22. The van der Waals surface area contributed by atoms with Crippen molar-refractivity contribution >= 4 is 33.6 Å². The van der Waals surface area contributed by atoms with E-state index in [9.17, 15) is 4.79 Å². The molecule has 2 N–H and O–H groups in total. The van der Waals surface area contributed by atoms with Crippen LogP contribution < -0.4 is 5.73 Å². The highest BCUT2D eigenvalue weighted by Crippen LogP contribution is 2.27. The highest BCUT2D eigenvalue weighted by molar-refractivity contribution is 9.10. The summed E-state index contributed by atoms with van der Waals surface area (Å²) in [5.41, 5.74) is 5.98. The molecule has 18 heavy (non-hydrogen) atoms. The Kier molecular flexibility index (Phi) is 4.03. The van der Waals surface area contributed by atoms with Gasteiger partial charge in [-0.2, -0.15) is 0 Å². The van der Waals surface area contributed by atoms with Crippen molar-refractivity contribution in [1.29, 1.82) is 0 Å². The molecule has 1 aromatic heterocycles. The molecule has 2 aromatic rings. The van der Waals surface area contributed by atoms with E-state index in [0.717, 1.165) is 21.8 Å². The maximum atomic E-state index is 10.9. The van der Waals surface area contributed by atoms with Gasteiger partial charge in [0.15, 0.2) is 0 Å². The third-order valence-corrected chi connectivity index (χ3v) is 3.60. The highest BCUT2D eigenvalue weighted by atomic mass is 79.9. The fraction of sp³-hybridized carbons (Fsp3) is 0.182. The zero-order valence-corrected chi connectivity index (χ0v) is 11.9. The van der Waals surface area contributed by atoms with Crippen LogP contribution in [0.15, 0.2) is 38.4 Å². The molecule has 0 aliphatic carbocycles. The van der Waals surface area contributed by atoms with Gasteiger partial charge >= 0.3 is 0 Å². The lowest BCUT2D eigenvalue weighted by molar-refractivity contribution is -0.117. The van der Waals surface area contributed by atoms with Crippen molar-refractivity contribution in [2.45, 2.75) is 17.4 Å². The van der Waals surface area contributed by atoms with Crippen LogP contribution in [0.1, 0.15) is 6.92 Å². The van der Waals surface area contributed by atoms with Gasteiger partial charge in [-0.15, -0.1) is 10.2 Å². The van der Waals surface area contributed by atoms with Crippen molar-refractivity contribution in [1.82, 2.24) is 10.2 Å². The fourth-order valence-corrected chi connectivity index (χ4v) is 2.24. The Morgan fingerprint density at radius 3 is 2.94 bits per heavy atom. The summed E-state index contributed by atoms with van der Waals surface area (Å²) in [5, 5.41) is 7.73. The normalized spacial score (nSPS) is 12.3. The topological polar surface area (TPSA) is 82.0 Å². The SMILES string of the molecule is CC(Sc1nnc(-c2cccc(Br)c2)o1)C(N)=O. The number of hydrogen-bond acceptors (Lipinski definition) is 5. The molecule has 1 amide bonds. The minimum atomic E-state index is -0.415.